The molecule has 34 heavy (non-hydrogen) atoms. The number of aliphatic hydroxyl groups excluding tert-OH is 2. The van der Waals surface area contributed by atoms with Crippen LogP contribution in [-0.4, -0.2) is 104 Å². The normalized spacial score (nSPS) is 33.3. The summed E-state index contributed by atoms with van der Waals surface area (Å²) in [5, 5.41) is 35.5. The highest BCUT2D eigenvalue weighted by Gasteiger charge is 2.52. The molecule has 3 fully saturated rings. The third kappa shape index (κ3) is 5.27. The Labute approximate surface area is 205 Å². The second kappa shape index (κ2) is 9.52. The van der Waals surface area contributed by atoms with Crippen molar-refractivity contribution in [1.82, 2.24) is 15.1 Å². The van der Waals surface area contributed by atoms with Crippen molar-refractivity contribution < 1.29 is 25.1 Å². The lowest BCUT2D eigenvalue weighted by molar-refractivity contribution is -0.531. The molecule has 0 amide bonds. The first-order valence-electron chi connectivity index (χ1n) is 12.9. The molecule has 3 rings (SSSR count). The maximum absolute atomic E-state index is 13.1. The van der Waals surface area contributed by atoms with Crippen LogP contribution in [0.15, 0.2) is 0 Å². The highest BCUT2D eigenvalue weighted by molar-refractivity contribution is 6.48. The summed E-state index contributed by atoms with van der Waals surface area (Å²) in [5.41, 5.74) is -0.257. The molecule has 0 aromatic carbocycles. The van der Waals surface area contributed by atoms with E-state index in [1.807, 2.05) is 0 Å². The Kier molecular flexibility index (Phi) is 7.75. The Balaban J connectivity index is 1.68. The van der Waals surface area contributed by atoms with E-state index in [0.717, 1.165) is 25.7 Å². The minimum Gasteiger partial charge on any atom is -0.843 e. The summed E-state index contributed by atoms with van der Waals surface area (Å²) in [7, 11) is 0. The van der Waals surface area contributed by atoms with Crippen LogP contribution < -0.4 is 15.4 Å². The van der Waals surface area contributed by atoms with Crippen molar-refractivity contribution in [2.24, 2.45) is 0 Å². The molecule has 1 saturated carbocycles. The van der Waals surface area contributed by atoms with Gasteiger partial charge in [0.25, 0.3) is 0 Å². The van der Waals surface area contributed by atoms with E-state index in [-0.39, 0.29) is 53.2 Å². The number of aliphatic hydroxyl groups is 2. The minimum atomic E-state index is -1.07. The summed E-state index contributed by atoms with van der Waals surface area (Å²) in [4.78, 5) is 21.1. The van der Waals surface area contributed by atoms with Crippen molar-refractivity contribution in [3.05, 3.63) is 0 Å². The van der Waals surface area contributed by atoms with Gasteiger partial charge in [-0.15, -0.1) is 0 Å². The number of β-amino-alcohol motifs (C(OH)–C–C–N with tert-alkyl or cyclic N) is 2. The Bertz CT molecular complexity index is 756. The predicted molar refractivity (Wildman–Crippen MR) is 132 cm³/mol. The van der Waals surface area contributed by atoms with Gasteiger partial charge in [0.15, 0.2) is 6.04 Å². The number of hydrogen-bond donors (Lipinski definition) is 4. The number of carbonyl (C=O) groups excluding carboxylic acids is 1. The van der Waals surface area contributed by atoms with Gasteiger partial charge >= 0.3 is 0 Å². The third-order valence-electron chi connectivity index (χ3n) is 8.46. The van der Waals surface area contributed by atoms with Crippen LogP contribution >= 0.6 is 0 Å². The van der Waals surface area contributed by atoms with Crippen molar-refractivity contribution in [3.8, 4) is 0 Å². The van der Waals surface area contributed by atoms with Gasteiger partial charge in [-0.3, -0.25) is 14.6 Å². The molecule has 0 aromatic rings. The number of likely N-dealkylation sites (tertiary alicyclic amines) is 2. The maximum Gasteiger partial charge on any atom is 0.236 e. The van der Waals surface area contributed by atoms with Gasteiger partial charge in [-0.05, 0) is 74.3 Å². The molecule has 2 aliphatic heterocycles. The van der Waals surface area contributed by atoms with E-state index >= 15 is 0 Å². The Morgan fingerprint density at radius 2 is 1.26 bits per heavy atom. The largest absolute Gasteiger partial charge is 0.843 e. The first-order valence-corrected chi connectivity index (χ1v) is 12.9. The van der Waals surface area contributed by atoms with Crippen molar-refractivity contribution in [3.63, 3.8) is 0 Å². The van der Waals surface area contributed by atoms with Crippen molar-refractivity contribution in [1.29, 1.82) is 0 Å². The lowest BCUT2D eigenvalue weighted by atomic mass is 9.75. The molecule has 8 nitrogen and oxygen atoms in total. The van der Waals surface area contributed by atoms with Crippen LogP contribution in [0.4, 0.5) is 0 Å². The fraction of sp³-hybridized carbons (Fsp3) is 0.923. The average molecular weight is 481 g/mol. The summed E-state index contributed by atoms with van der Waals surface area (Å²) in [6.07, 6.45) is 2.19. The monoisotopic (exact) mass is 480 g/mol. The SMILES string of the molecule is CC1(C)CC(NC2C(=O)C(=[NH+]C3CC(C)(C)N(CCO)C(C)(C)C3)C2[O-])CC(C)(C)N1CCO. The van der Waals surface area contributed by atoms with Gasteiger partial charge in [-0.2, -0.15) is 0 Å². The van der Waals surface area contributed by atoms with Gasteiger partial charge in [-0.25, -0.2) is 4.99 Å². The van der Waals surface area contributed by atoms with Crippen LogP contribution in [0.5, 0.6) is 0 Å². The zero-order valence-electron chi connectivity index (χ0n) is 22.6. The molecular formula is C26H48N4O4. The second-order valence-corrected chi connectivity index (χ2v) is 13.2. The molecule has 8 heteroatoms. The van der Waals surface area contributed by atoms with E-state index in [0.29, 0.717) is 18.8 Å². The van der Waals surface area contributed by atoms with Crippen molar-refractivity contribution in [2.45, 2.75) is 127 Å². The summed E-state index contributed by atoms with van der Waals surface area (Å²) < 4.78 is 0. The quantitative estimate of drug-likeness (QED) is 0.362. The average Bonchev–Trinajstić information content (AvgIpc) is 2.68. The zero-order valence-corrected chi connectivity index (χ0v) is 22.6. The van der Waals surface area contributed by atoms with Crippen LogP contribution in [0.3, 0.4) is 0 Å². The van der Waals surface area contributed by atoms with Gasteiger partial charge in [-0.1, -0.05) is 0 Å². The summed E-state index contributed by atoms with van der Waals surface area (Å²) >= 11 is 0. The van der Waals surface area contributed by atoms with Crippen LogP contribution in [0, 0.1) is 0 Å². The molecule has 0 spiro atoms. The summed E-state index contributed by atoms with van der Waals surface area (Å²) in [6.45, 7) is 18.8. The molecule has 0 bridgehead atoms. The Morgan fingerprint density at radius 1 is 0.853 bits per heavy atom. The van der Waals surface area contributed by atoms with Gasteiger partial charge in [0, 0.05) is 54.1 Å². The van der Waals surface area contributed by atoms with E-state index in [1.165, 1.54) is 0 Å². The molecule has 196 valence electrons. The standard InChI is InChI=1S/C26H47N4O4/c1-23(2)13-17(14-24(3,4)29(23)9-11-31)27-19-21(33)20(22(19)34)28-18-15-25(5,6)30(10-12-32)26(7,8)16-18/h17-19,21,27,31-32H,9-16H2,1-8H3/q-1/p+1. The predicted octanol–water partition coefficient (Wildman–Crippen LogP) is -1.19. The van der Waals surface area contributed by atoms with Crippen molar-refractivity contribution in [2.75, 3.05) is 26.3 Å². The van der Waals surface area contributed by atoms with Gasteiger partial charge in [0.05, 0.1) is 19.3 Å². The fourth-order valence-corrected chi connectivity index (χ4v) is 7.57. The lowest BCUT2D eigenvalue weighted by Crippen LogP contribution is -2.93. The molecular weight excluding hydrogens is 432 g/mol. The number of carbonyl (C=O) groups is 1. The molecule has 2 saturated heterocycles. The second-order valence-electron chi connectivity index (χ2n) is 13.2. The van der Waals surface area contributed by atoms with Crippen LogP contribution in [0.2, 0.25) is 0 Å². The number of hydrogen-bond acceptors (Lipinski definition) is 7. The molecule has 2 atom stereocenters. The highest BCUT2D eigenvalue weighted by Crippen LogP contribution is 2.39. The molecule has 2 unspecified atom stereocenters. The van der Waals surface area contributed by atoms with E-state index < -0.39 is 12.1 Å². The van der Waals surface area contributed by atoms with Crippen LogP contribution in [0.25, 0.3) is 0 Å². The molecule has 3 aliphatic rings. The van der Waals surface area contributed by atoms with E-state index in [2.05, 4.69) is 75.5 Å². The number of nitrogens with zero attached hydrogens (tertiary/aromatic N) is 2. The summed E-state index contributed by atoms with van der Waals surface area (Å²) in [5.74, 6) is -0.0956. The Hall–Kier alpha value is -0.900. The molecule has 2 heterocycles. The van der Waals surface area contributed by atoms with E-state index in [9.17, 15) is 20.1 Å². The molecule has 4 N–H and O–H groups in total. The van der Waals surface area contributed by atoms with E-state index in [4.69, 9.17) is 0 Å². The van der Waals surface area contributed by atoms with Crippen LogP contribution in [0.1, 0.15) is 81.1 Å². The third-order valence-corrected chi connectivity index (χ3v) is 8.46. The number of rotatable bonds is 7. The molecule has 1 aliphatic carbocycles. The van der Waals surface area contributed by atoms with Gasteiger partial charge < -0.3 is 20.6 Å². The minimum absolute atomic E-state index is 0.0517. The van der Waals surface area contributed by atoms with Gasteiger partial charge in [0.2, 0.25) is 11.5 Å². The number of piperidine rings is 2. The molecule has 0 aromatic heterocycles. The topological polar surface area (TPSA) is 113 Å². The molecule has 0 radical (unpaired) electrons. The number of ketones is 1. The van der Waals surface area contributed by atoms with Crippen molar-refractivity contribution >= 4 is 11.5 Å². The first-order chi connectivity index (χ1) is 15.6. The fourth-order valence-electron chi connectivity index (χ4n) is 7.57. The Morgan fingerprint density at radius 3 is 1.65 bits per heavy atom. The lowest BCUT2D eigenvalue weighted by Gasteiger charge is -2.56. The van der Waals surface area contributed by atoms with Crippen LogP contribution in [-0.2, 0) is 4.79 Å². The maximum atomic E-state index is 13.1. The van der Waals surface area contributed by atoms with E-state index in [1.54, 1.807) is 0 Å². The smallest absolute Gasteiger partial charge is 0.236 e. The van der Waals surface area contributed by atoms with Gasteiger partial charge in [0.1, 0.15) is 0 Å². The number of nitrogens with one attached hydrogen (secondary N) is 2. The highest BCUT2D eigenvalue weighted by atomic mass is 16.3. The first kappa shape index (κ1) is 27.7. The number of Topliss-reactive ketones (excluding diaryl/α,β-unsaturated/α-hetero) is 1. The zero-order chi connectivity index (χ0) is 25.7. The summed E-state index contributed by atoms with van der Waals surface area (Å²) in [6, 6.07) is -0.554.